The Bertz CT molecular complexity index is 45.0. The maximum absolute atomic E-state index is 8.67. The van der Waals surface area contributed by atoms with E-state index < -0.39 is 0 Å². The fourth-order valence-electron chi connectivity index (χ4n) is 0.639. The van der Waals surface area contributed by atoms with E-state index in [0.717, 1.165) is 19.5 Å². The molecular formula is C4H9NOW. The molecule has 1 unspecified atom stereocenters. The summed E-state index contributed by atoms with van der Waals surface area (Å²) in [6.45, 7) is 1.78. The standard InChI is InChI=1S/C4H9NO.W/c6-4-1-2-5-3-4;/h4-6H,1-3H2;. The third-order valence-electron chi connectivity index (χ3n) is 1.03. The molecule has 1 heterocycles. The van der Waals surface area contributed by atoms with Crippen LogP contribution in [0.15, 0.2) is 0 Å². The maximum Gasteiger partial charge on any atom is 0.0676 e. The molecule has 0 aromatic heterocycles. The van der Waals surface area contributed by atoms with Gasteiger partial charge in [0.1, 0.15) is 0 Å². The topological polar surface area (TPSA) is 32.3 Å². The Morgan fingerprint density at radius 3 is 2.43 bits per heavy atom. The van der Waals surface area contributed by atoms with E-state index in [4.69, 9.17) is 5.11 Å². The minimum atomic E-state index is -0.0648. The Labute approximate surface area is 57.6 Å². The quantitative estimate of drug-likeness (QED) is 0.613. The minimum absolute atomic E-state index is 0. The third-order valence-corrected chi connectivity index (χ3v) is 1.03. The van der Waals surface area contributed by atoms with Crippen LogP contribution >= 0.6 is 0 Å². The Hall–Kier alpha value is 0.608. The van der Waals surface area contributed by atoms with Gasteiger partial charge in [-0.2, -0.15) is 0 Å². The van der Waals surface area contributed by atoms with Crippen LogP contribution in [0.3, 0.4) is 0 Å². The van der Waals surface area contributed by atoms with Crippen LogP contribution in [-0.2, 0) is 21.1 Å². The molecule has 42 valence electrons. The second-order valence-corrected chi connectivity index (χ2v) is 1.65. The molecule has 0 bridgehead atoms. The Morgan fingerprint density at radius 2 is 2.29 bits per heavy atom. The van der Waals surface area contributed by atoms with Gasteiger partial charge < -0.3 is 10.4 Å². The van der Waals surface area contributed by atoms with E-state index in [2.05, 4.69) is 5.32 Å². The summed E-state index contributed by atoms with van der Waals surface area (Å²) in [6, 6.07) is 0. The fraction of sp³-hybridized carbons (Fsp3) is 1.00. The monoisotopic (exact) mass is 271 g/mol. The zero-order valence-corrected chi connectivity index (χ0v) is 6.99. The molecule has 1 aliphatic rings. The zero-order valence-electron chi connectivity index (χ0n) is 4.05. The van der Waals surface area contributed by atoms with Crippen molar-refractivity contribution in [3.05, 3.63) is 0 Å². The van der Waals surface area contributed by atoms with Gasteiger partial charge in [0.2, 0.25) is 0 Å². The number of hydrogen-bond donors (Lipinski definition) is 2. The predicted octanol–water partition coefficient (Wildman–Crippen LogP) is -0.662. The molecule has 1 atom stereocenters. The summed E-state index contributed by atoms with van der Waals surface area (Å²) in [7, 11) is 0. The van der Waals surface area contributed by atoms with Gasteiger partial charge in [0.05, 0.1) is 6.10 Å². The van der Waals surface area contributed by atoms with Gasteiger partial charge >= 0.3 is 0 Å². The van der Waals surface area contributed by atoms with Gasteiger partial charge in [-0.25, -0.2) is 0 Å². The molecule has 0 spiro atoms. The number of aliphatic hydroxyl groups excluding tert-OH is 1. The number of β-amino-alcohol motifs (C(OH)–C–C–N with tert-alkyl or cyclic N) is 1. The van der Waals surface area contributed by atoms with Crippen LogP contribution < -0.4 is 5.32 Å². The third kappa shape index (κ3) is 2.42. The first-order valence-corrected chi connectivity index (χ1v) is 2.28. The van der Waals surface area contributed by atoms with E-state index >= 15 is 0 Å². The van der Waals surface area contributed by atoms with Crippen molar-refractivity contribution in [2.75, 3.05) is 13.1 Å². The molecule has 3 heteroatoms. The fourth-order valence-corrected chi connectivity index (χ4v) is 0.639. The smallest absolute Gasteiger partial charge is 0.0676 e. The molecule has 2 nitrogen and oxygen atoms in total. The van der Waals surface area contributed by atoms with Crippen LogP contribution in [-0.4, -0.2) is 24.3 Å². The predicted molar refractivity (Wildman–Crippen MR) is 23.5 cm³/mol. The van der Waals surface area contributed by atoms with E-state index in [9.17, 15) is 0 Å². The van der Waals surface area contributed by atoms with E-state index in [1.54, 1.807) is 0 Å². The molecule has 1 fully saturated rings. The molecule has 0 aromatic rings. The first-order valence-electron chi connectivity index (χ1n) is 2.28. The summed E-state index contributed by atoms with van der Waals surface area (Å²) >= 11 is 0. The first kappa shape index (κ1) is 7.61. The van der Waals surface area contributed by atoms with E-state index in [0.29, 0.717) is 0 Å². The van der Waals surface area contributed by atoms with Crippen molar-refractivity contribution in [3.63, 3.8) is 0 Å². The van der Waals surface area contributed by atoms with Gasteiger partial charge in [-0.1, -0.05) is 0 Å². The van der Waals surface area contributed by atoms with Gasteiger partial charge in [0.25, 0.3) is 0 Å². The Balaban J connectivity index is 0.000000360. The van der Waals surface area contributed by atoms with Crippen molar-refractivity contribution in [2.24, 2.45) is 0 Å². The molecule has 0 radical (unpaired) electrons. The van der Waals surface area contributed by atoms with Crippen LogP contribution in [0.25, 0.3) is 0 Å². The Morgan fingerprint density at radius 1 is 1.57 bits per heavy atom. The van der Waals surface area contributed by atoms with Crippen LogP contribution in [0.1, 0.15) is 6.42 Å². The van der Waals surface area contributed by atoms with Gasteiger partial charge in [-0.05, 0) is 13.0 Å². The average molecular weight is 271 g/mol. The van der Waals surface area contributed by atoms with Gasteiger partial charge in [0, 0.05) is 27.6 Å². The molecule has 7 heavy (non-hydrogen) atoms. The summed E-state index contributed by atoms with van der Waals surface area (Å²) in [4.78, 5) is 0. The molecule has 1 saturated heterocycles. The van der Waals surface area contributed by atoms with Crippen molar-refractivity contribution in [3.8, 4) is 0 Å². The van der Waals surface area contributed by atoms with Crippen LogP contribution in [0, 0.1) is 0 Å². The summed E-state index contributed by atoms with van der Waals surface area (Å²) in [5.74, 6) is 0. The molecule has 0 amide bonds. The summed E-state index contributed by atoms with van der Waals surface area (Å²) < 4.78 is 0. The maximum atomic E-state index is 8.67. The second-order valence-electron chi connectivity index (χ2n) is 1.65. The van der Waals surface area contributed by atoms with E-state index in [-0.39, 0.29) is 27.2 Å². The van der Waals surface area contributed by atoms with E-state index in [1.165, 1.54) is 0 Å². The van der Waals surface area contributed by atoms with Crippen molar-refractivity contribution in [2.45, 2.75) is 12.5 Å². The molecule has 1 aliphatic heterocycles. The first-order chi connectivity index (χ1) is 2.89. The summed E-state index contributed by atoms with van der Waals surface area (Å²) in [5, 5.41) is 11.7. The number of nitrogens with one attached hydrogen (secondary N) is 1. The molecule has 0 aliphatic carbocycles. The molecule has 0 saturated carbocycles. The molecular weight excluding hydrogens is 262 g/mol. The van der Waals surface area contributed by atoms with Crippen LogP contribution in [0.2, 0.25) is 0 Å². The number of hydrogen-bond acceptors (Lipinski definition) is 2. The number of rotatable bonds is 0. The van der Waals surface area contributed by atoms with E-state index in [1.807, 2.05) is 0 Å². The molecule has 1 rings (SSSR count). The van der Waals surface area contributed by atoms with Crippen molar-refractivity contribution in [1.82, 2.24) is 5.32 Å². The van der Waals surface area contributed by atoms with Crippen LogP contribution in [0.4, 0.5) is 0 Å². The molecule has 0 aromatic carbocycles. The number of aliphatic hydroxyl groups is 1. The van der Waals surface area contributed by atoms with Crippen molar-refractivity contribution in [1.29, 1.82) is 0 Å². The Kier molecular flexibility index (Phi) is 3.90. The van der Waals surface area contributed by atoms with Gasteiger partial charge in [-0.3, -0.25) is 0 Å². The SMILES string of the molecule is OC1CCNC1.[W]. The largest absolute Gasteiger partial charge is 0.392 e. The minimum Gasteiger partial charge on any atom is -0.392 e. The van der Waals surface area contributed by atoms with Gasteiger partial charge in [0.15, 0.2) is 0 Å². The van der Waals surface area contributed by atoms with Crippen LogP contribution in [0.5, 0.6) is 0 Å². The molecule has 2 N–H and O–H groups in total. The van der Waals surface area contributed by atoms with Crippen molar-refractivity contribution < 1.29 is 26.2 Å². The average Bonchev–Trinajstić information content (AvgIpc) is 1.86. The zero-order chi connectivity index (χ0) is 4.41. The normalized spacial score (nSPS) is 29.6. The van der Waals surface area contributed by atoms with Gasteiger partial charge in [-0.15, -0.1) is 0 Å². The summed E-state index contributed by atoms with van der Waals surface area (Å²) in [6.07, 6.45) is 0.866. The summed E-state index contributed by atoms with van der Waals surface area (Å²) in [5.41, 5.74) is 0. The second kappa shape index (κ2) is 3.59. The van der Waals surface area contributed by atoms with Crippen molar-refractivity contribution >= 4 is 0 Å².